The van der Waals surface area contributed by atoms with Crippen molar-refractivity contribution in [2.45, 2.75) is 25.2 Å². The molecule has 4 rings (SSSR count). The van der Waals surface area contributed by atoms with Gasteiger partial charge in [0.05, 0.1) is 12.5 Å². The van der Waals surface area contributed by atoms with E-state index in [0.29, 0.717) is 16.9 Å². The van der Waals surface area contributed by atoms with Gasteiger partial charge in [-0.15, -0.1) is 0 Å². The topological polar surface area (TPSA) is 69.7 Å². The van der Waals surface area contributed by atoms with Crippen molar-refractivity contribution >= 4 is 18.2 Å². The molecule has 29 heavy (non-hydrogen) atoms. The van der Waals surface area contributed by atoms with E-state index in [4.69, 9.17) is 9.47 Å². The third-order valence-corrected chi connectivity index (χ3v) is 5.94. The van der Waals surface area contributed by atoms with Crippen molar-refractivity contribution in [1.82, 2.24) is 0 Å². The fraction of sp³-hybridized carbons (Fsp3) is 0.292. The van der Waals surface area contributed by atoms with Crippen LogP contribution in [0.15, 0.2) is 66.2 Å². The zero-order valence-electron chi connectivity index (χ0n) is 16.3. The number of aldehydes is 1. The molecule has 5 heteroatoms. The van der Waals surface area contributed by atoms with Crippen LogP contribution in [0, 0.1) is 11.8 Å². The molecule has 2 aromatic rings. The molecule has 0 fully saturated rings. The molecular formula is C24H22O5. The fourth-order valence-electron chi connectivity index (χ4n) is 4.95. The van der Waals surface area contributed by atoms with Crippen LogP contribution in [0.2, 0.25) is 0 Å². The smallest absolute Gasteiger partial charge is 0.324 e. The van der Waals surface area contributed by atoms with Crippen LogP contribution in [0.5, 0.6) is 5.75 Å². The molecular weight excluding hydrogens is 368 g/mol. The predicted molar refractivity (Wildman–Crippen MR) is 106 cm³/mol. The second kappa shape index (κ2) is 7.32. The van der Waals surface area contributed by atoms with E-state index in [9.17, 15) is 14.4 Å². The van der Waals surface area contributed by atoms with Crippen molar-refractivity contribution in [3.63, 3.8) is 0 Å². The standard InChI is InChI=1S/C24H22O5/c1-3-28-22(26)20-15(2)13-17(14-25)21(16-9-5-4-6-10-16)24(20)18-11-7-8-12-19(18)29-23(24)27/h4-15,20-21H,3H2,1-2H3/t15-,20-,21+,24+/m0/s1. The highest BCUT2D eigenvalue weighted by atomic mass is 16.5. The van der Waals surface area contributed by atoms with Gasteiger partial charge < -0.3 is 9.47 Å². The third-order valence-electron chi connectivity index (χ3n) is 5.94. The summed E-state index contributed by atoms with van der Waals surface area (Å²) in [4.78, 5) is 38.8. The lowest BCUT2D eigenvalue weighted by Gasteiger charge is -2.45. The Hall–Kier alpha value is -3.21. The van der Waals surface area contributed by atoms with Crippen LogP contribution in [-0.4, -0.2) is 24.8 Å². The molecule has 0 radical (unpaired) electrons. The summed E-state index contributed by atoms with van der Waals surface area (Å²) < 4.78 is 11.1. The SMILES string of the molecule is CCOC(=O)[C@@H]1[C@@H](C)C=C(C=O)[C@@H](c2ccccc2)[C@]12C(=O)Oc1ccccc12. The minimum atomic E-state index is -1.37. The van der Waals surface area contributed by atoms with E-state index >= 15 is 0 Å². The predicted octanol–water partition coefficient (Wildman–Crippen LogP) is 3.58. The number of para-hydroxylation sites is 1. The molecule has 2 aliphatic rings. The molecule has 1 heterocycles. The molecule has 148 valence electrons. The molecule has 0 unspecified atom stereocenters. The Bertz CT molecular complexity index is 993. The monoisotopic (exact) mass is 390 g/mol. The summed E-state index contributed by atoms with van der Waals surface area (Å²) in [7, 11) is 0. The van der Waals surface area contributed by atoms with Crippen molar-refractivity contribution in [1.29, 1.82) is 0 Å². The van der Waals surface area contributed by atoms with E-state index in [1.165, 1.54) is 0 Å². The van der Waals surface area contributed by atoms with Crippen molar-refractivity contribution in [2.75, 3.05) is 6.61 Å². The van der Waals surface area contributed by atoms with Gasteiger partial charge in [-0.05, 0) is 30.0 Å². The molecule has 2 aromatic carbocycles. The van der Waals surface area contributed by atoms with Gasteiger partial charge in [0.15, 0.2) is 0 Å². The summed E-state index contributed by atoms with van der Waals surface area (Å²) in [5.41, 5.74) is 0.504. The Morgan fingerprint density at radius 2 is 1.83 bits per heavy atom. The van der Waals surface area contributed by atoms with Crippen LogP contribution >= 0.6 is 0 Å². The lowest BCUT2D eigenvalue weighted by molar-refractivity contribution is -0.160. The Morgan fingerprint density at radius 3 is 2.52 bits per heavy atom. The van der Waals surface area contributed by atoms with Crippen molar-refractivity contribution in [3.8, 4) is 5.75 Å². The highest BCUT2D eigenvalue weighted by molar-refractivity contribution is 6.00. The summed E-state index contributed by atoms with van der Waals surface area (Å²) in [6.07, 6.45) is 2.57. The lowest BCUT2D eigenvalue weighted by Crippen LogP contribution is -2.55. The van der Waals surface area contributed by atoms with Crippen LogP contribution in [0.25, 0.3) is 0 Å². The van der Waals surface area contributed by atoms with Gasteiger partial charge in [-0.25, -0.2) is 0 Å². The van der Waals surface area contributed by atoms with E-state index < -0.39 is 29.2 Å². The van der Waals surface area contributed by atoms with E-state index in [0.717, 1.165) is 11.8 Å². The summed E-state index contributed by atoms with van der Waals surface area (Å²) >= 11 is 0. The second-order valence-electron chi connectivity index (χ2n) is 7.47. The maximum atomic E-state index is 13.5. The maximum absolute atomic E-state index is 13.5. The number of ether oxygens (including phenoxy) is 2. The zero-order chi connectivity index (χ0) is 20.6. The number of allylic oxidation sites excluding steroid dienone is 2. The summed E-state index contributed by atoms with van der Waals surface area (Å²) in [5.74, 6) is -2.41. The third kappa shape index (κ3) is 2.72. The number of hydrogen-bond donors (Lipinski definition) is 0. The van der Waals surface area contributed by atoms with Gasteiger partial charge in [0.2, 0.25) is 0 Å². The van der Waals surface area contributed by atoms with Gasteiger partial charge in [-0.2, -0.15) is 0 Å². The minimum Gasteiger partial charge on any atom is -0.466 e. The largest absolute Gasteiger partial charge is 0.466 e. The lowest BCUT2D eigenvalue weighted by atomic mass is 9.53. The molecule has 1 aliphatic heterocycles. The number of fused-ring (bicyclic) bond motifs is 2. The number of benzene rings is 2. The number of esters is 2. The molecule has 5 nitrogen and oxygen atoms in total. The number of rotatable bonds is 4. The zero-order valence-corrected chi connectivity index (χ0v) is 16.3. The van der Waals surface area contributed by atoms with Crippen LogP contribution in [0.3, 0.4) is 0 Å². The molecule has 0 saturated heterocycles. The van der Waals surface area contributed by atoms with E-state index in [-0.39, 0.29) is 12.5 Å². The van der Waals surface area contributed by atoms with E-state index in [2.05, 4.69) is 0 Å². The molecule has 0 amide bonds. The second-order valence-corrected chi connectivity index (χ2v) is 7.47. The van der Waals surface area contributed by atoms with Gasteiger partial charge >= 0.3 is 11.9 Å². The van der Waals surface area contributed by atoms with Crippen LogP contribution in [0.4, 0.5) is 0 Å². The van der Waals surface area contributed by atoms with Crippen molar-refractivity contribution < 1.29 is 23.9 Å². The van der Waals surface area contributed by atoms with E-state index in [1.54, 1.807) is 25.1 Å². The van der Waals surface area contributed by atoms with Gasteiger partial charge in [0.25, 0.3) is 0 Å². The Morgan fingerprint density at radius 1 is 1.14 bits per heavy atom. The molecule has 1 aliphatic carbocycles. The van der Waals surface area contributed by atoms with Gasteiger partial charge in [-0.3, -0.25) is 14.4 Å². The minimum absolute atomic E-state index is 0.203. The average Bonchev–Trinajstić information content (AvgIpc) is 3.00. The highest BCUT2D eigenvalue weighted by Crippen LogP contribution is 2.59. The van der Waals surface area contributed by atoms with Crippen molar-refractivity contribution in [2.24, 2.45) is 11.8 Å². The molecule has 0 N–H and O–H groups in total. The first-order chi connectivity index (χ1) is 14.1. The Labute approximate surface area is 169 Å². The molecule has 0 bridgehead atoms. The molecule has 0 saturated carbocycles. The van der Waals surface area contributed by atoms with Crippen LogP contribution in [0.1, 0.15) is 30.9 Å². The fourth-order valence-corrected chi connectivity index (χ4v) is 4.95. The van der Waals surface area contributed by atoms with Crippen LogP contribution in [-0.2, 0) is 24.5 Å². The Balaban J connectivity index is 2.07. The average molecular weight is 390 g/mol. The van der Waals surface area contributed by atoms with E-state index in [1.807, 2.05) is 49.4 Å². The summed E-state index contributed by atoms with van der Waals surface area (Å²) in [5, 5.41) is 0. The molecule has 1 spiro atoms. The first-order valence-electron chi connectivity index (χ1n) is 9.75. The van der Waals surface area contributed by atoms with Gasteiger partial charge in [-0.1, -0.05) is 61.5 Å². The van der Waals surface area contributed by atoms with Gasteiger partial charge in [0, 0.05) is 11.5 Å². The number of carbonyl (C=O) groups excluding carboxylic acids is 3. The number of carbonyl (C=O) groups is 3. The maximum Gasteiger partial charge on any atom is 0.324 e. The number of hydrogen-bond acceptors (Lipinski definition) is 5. The van der Waals surface area contributed by atoms with Crippen LogP contribution < -0.4 is 4.74 Å². The molecule has 4 atom stereocenters. The first kappa shape index (κ1) is 19.1. The quantitative estimate of drug-likeness (QED) is 0.453. The first-order valence-corrected chi connectivity index (χ1v) is 9.75. The summed E-state index contributed by atoms with van der Waals surface area (Å²) in [6.45, 7) is 3.78. The van der Waals surface area contributed by atoms with Crippen molar-refractivity contribution in [3.05, 3.63) is 77.4 Å². The normalized spacial score (nSPS) is 27.7. The molecule has 0 aromatic heterocycles. The summed E-state index contributed by atoms with van der Waals surface area (Å²) in [6, 6.07) is 16.5. The Kier molecular flexibility index (Phi) is 4.82. The van der Waals surface area contributed by atoms with Gasteiger partial charge in [0.1, 0.15) is 17.5 Å². The highest BCUT2D eigenvalue weighted by Gasteiger charge is 2.65.